The van der Waals surface area contributed by atoms with Gasteiger partial charge in [0.15, 0.2) is 0 Å². The second-order valence-electron chi connectivity index (χ2n) is 3.87. The van der Waals surface area contributed by atoms with Crippen molar-refractivity contribution in [1.29, 1.82) is 0 Å². The molecule has 0 saturated carbocycles. The summed E-state index contributed by atoms with van der Waals surface area (Å²) in [5, 5.41) is 3.62. The van der Waals surface area contributed by atoms with E-state index >= 15 is 0 Å². The first kappa shape index (κ1) is 14.7. The molecule has 0 aliphatic carbocycles. The number of hydrogen-bond acceptors (Lipinski definition) is 5. The monoisotopic (exact) mass is 313 g/mol. The van der Waals surface area contributed by atoms with Gasteiger partial charge in [-0.25, -0.2) is 9.97 Å². The molecule has 0 aliphatic heterocycles. The average Bonchev–Trinajstić information content (AvgIpc) is 2.44. The van der Waals surface area contributed by atoms with E-state index in [0.29, 0.717) is 18.2 Å². The normalized spacial score (nSPS) is 10.2. The summed E-state index contributed by atoms with van der Waals surface area (Å²) in [6.45, 7) is 0.476. The van der Waals surface area contributed by atoms with Gasteiger partial charge in [0, 0.05) is 24.2 Å². The van der Waals surface area contributed by atoms with E-state index in [1.807, 2.05) is 18.2 Å². The quantitative estimate of drug-likeness (QED) is 0.857. The molecule has 2 aromatic rings. The van der Waals surface area contributed by atoms with E-state index in [1.54, 1.807) is 14.2 Å². The molecule has 2 rings (SSSR count). The summed E-state index contributed by atoms with van der Waals surface area (Å²) >= 11 is 11.6. The Morgan fingerprint density at radius 2 is 1.75 bits per heavy atom. The van der Waals surface area contributed by atoms with Crippen LogP contribution in [0, 0.1) is 0 Å². The summed E-state index contributed by atoms with van der Waals surface area (Å²) in [5.74, 6) is 1.80. The van der Waals surface area contributed by atoms with Crippen molar-refractivity contribution < 1.29 is 9.47 Å². The lowest BCUT2D eigenvalue weighted by Crippen LogP contribution is -2.05. The van der Waals surface area contributed by atoms with Gasteiger partial charge >= 0.3 is 0 Å². The maximum atomic E-state index is 5.81. The molecule has 1 N–H and O–H groups in total. The van der Waals surface area contributed by atoms with Gasteiger partial charge in [0.2, 0.25) is 5.95 Å². The van der Waals surface area contributed by atoms with Crippen LogP contribution in [0.1, 0.15) is 5.56 Å². The van der Waals surface area contributed by atoms with Crippen LogP contribution in [0.15, 0.2) is 24.3 Å². The summed E-state index contributed by atoms with van der Waals surface area (Å²) in [5.41, 5.74) is 0.938. The molecule has 0 spiro atoms. The van der Waals surface area contributed by atoms with E-state index < -0.39 is 0 Å². The van der Waals surface area contributed by atoms with Crippen molar-refractivity contribution in [3.05, 3.63) is 40.1 Å². The molecule has 5 nitrogen and oxygen atoms in total. The third kappa shape index (κ3) is 3.65. The van der Waals surface area contributed by atoms with Crippen LogP contribution in [0.2, 0.25) is 10.3 Å². The van der Waals surface area contributed by atoms with Crippen molar-refractivity contribution in [2.24, 2.45) is 0 Å². The number of halogens is 2. The maximum absolute atomic E-state index is 5.81. The predicted octanol–water partition coefficient (Wildman–Crippen LogP) is 3.41. The molecule has 7 heteroatoms. The van der Waals surface area contributed by atoms with Gasteiger partial charge in [0.05, 0.1) is 14.2 Å². The van der Waals surface area contributed by atoms with Crippen molar-refractivity contribution >= 4 is 29.2 Å². The summed E-state index contributed by atoms with van der Waals surface area (Å²) < 4.78 is 10.5. The van der Waals surface area contributed by atoms with Crippen LogP contribution in [-0.4, -0.2) is 24.2 Å². The zero-order chi connectivity index (χ0) is 14.5. The molecule has 0 atom stereocenters. The van der Waals surface area contributed by atoms with Gasteiger partial charge in [-0.15, -0.1) is 0 Å². The highest BCUT2D eigenvalue weighted by molar-refractivity contribution is 6.33. The number of nitrogens with one attached hydrogen (secondary N) is 1. The van der Waals surface area contributed by atoms with Gasteiger partial charge in [0.1, 0.15) is 21.8 Å². The fraction of sp³-hybridized carbons (Fsp3) is 0.231. The molecule has 0 radical (unpaired) electrons. The molecule has 1 aromatic carbocycles. The number of rotatable bonds is 5. The zero-order valence-corrected chi connectivity index (χ0v) is 12.5. The zero-order valence-electron chi connectivity index (χ0n) is 11.0. The Morgan fingerprint density at radius 1 is 1.05 bits per heavy atom. The predicted molar refractivity (Wildman–Crippen MR) is 78.9 cm³/mol. The molecular weight excluding hydrogens is 301 g/mol. The van der Waals surface area contributed by atoms with E-state index in [0.717, 1.165) is 11.3 Å². The fourth-order valence-corrected chi connectivity index (χ4v) is 2.06. The van der Waals surface area contributed by atoms with Crippen molar-refractivity contribution in [1.82, 2.24) is 9.97 Å². The van der Waals surface area contributed by atoms with Gasteiger partial charge in [-0.1, -0.05) is 23.2 Å². The standard InChI is InChI=1S/C13H13Cl2N3O2/c1-19-9-4-3-8(10(5-9)20-2)7-16-13-17-11(14)6-12(15)18-13/h3-6H,7H2,1-2H3,(H,16,17,18). The fourth-order valence-electron chi connectivity index (χ4n) is 1.64. The third-order valence-corrected chi connectivity index (χ3v) is 2.98. The first-order chi connectivity index (χ1) is 9.62. The van der Waals surface area contributed by atoms with E-state index in [2.05, 4.69) is 15.3 Å². The topological polar surface area (TPSA) is 56.3 Å². The molecule has 20 heavy (non-hydrogen) atoms. The average molecular weight is 314 g/mol. The van der Waals surface area contributed by atoms with Crippen LogP contribution < -0.4 is 14.8 Å². The van der Waals surface area contributed by atoms with Crippen LogP contribution in [-0.2, 0) is 6.54 Å². The Labute approximate surface area is 126 Å². The Hall–Kier alpha value is -1.72. The Kier molecular flexibility index (Phi) is 4.87. The van der Waals surface area contributed by atoms with Crippen LogP contribution >= 0.6 is 23.2 Å². The number of anilines is 1. The van der Waals surface area contributed by atoms with Crippen LogP contribution in [0.25, 0.3) is 0 Å². The molecule has 0 bridgehead atoms. The van der Waals surface area contributed by atoms with Crippen LogP contribution in [0.5, 0.6) is 11.5 Å². The number of aromatic nitrogens is 2. The molecule has 1 heterocycles. The summed E-state index contributed by atoms with van der Waals surface area (Å²) in [4.78, 5) is 8.06. The van der Waals surface area contributed by atoms with Crippen molar-refractivity contribution in [3.8, 4) is 11.5 Å². The van der Waals surface area contributed by atoms with Gasteiger partial charge < -0.3 is 14.8 Å². The first-order valence-corrected chi connectivity index (χ1v) is 6.53. The van der Waals surface area contributed by atoms with Gasteiger partial charge in [-0.2, -0.15) is 0 Å². The molecule has 106 valence electrons. The highest BCUT2D eigenvalue weighted by atomic mass is 35.5. The maximum Gasteiger partial charge on any atom is 0.225 e. The number of benzene rings is 1. The first-order valence-electron chi connectivity index (χ1n) is 5.77. The highest BCUT2D eigenvalue weighted by Gasteiger charge is 2.07. The largest absolute Gasteiger partial charge is 0.497 e. The molecule has 0 unspecified atom stereocenters. The van der Waals surface area contributed by atoms with Crippen molar-refractivity contribution in [2.75, 3.05) is 19.5 Å². The summed E-state index contributed by atoms with van der Waals surface area (Å²) in [7, 11) is 3.21. The van der Waals surface area contributed by atoms with E-state index in [9.17, 15) is 0 Å². The molecule has 1 aromatic heterocycles. The smallest absolute Gasteiger partial charge is 0.225 e. The minimum absolute atomic E-state index is 0.286. The minimum Gasteiger partial charge on any atom is -0.497 e. The number of ether oxygens (including phenoxy) is 2. The van der Waals surface area contributed by atoms with Gasteiger partial charge in [-0.3, -0.25) is 0 Å². The Morgan fingerprint density at radius 3 is 2.35 bits per heavy atom. The SMILES string of the molecule is COc1ccc(CNc2nc(Cl)cc(Cl)n2)c(OC)c1. The number of nitrogens with zero attached hydrogens (tertiary/aromatic N) is 2. The second kappa shape index (κ2) is 6.63. The van der Waals surface area contributed by atoms with E-state index in [1.165, 1.54) is 6.07 Å². The lowest BCUT2D eigenvalue weighted by molar-refractivity contribution is 0.391. The summed E-state index contributed by atoms with van der Waals surface area (Å²) in [6.07, 6.45) is 0. The highest BCUT2D eigenvalue weighted by Crippen LogP contribution is 2.25. The van der Waals surface area contributed by atoms with Crippen LogP contribution in [0.3, 0.4) is 0 Å². The van der Waals surface area contributed by atoms with E-state index in [-0.39, 0.29) is 10.3 Å². The van der Waals surface area contributed by atoms with Crippen molar-refractivity contribution in [3.63, 3.8) is 0 Å². The third-order valence-electron chi connectivity index (χ3n) is 2.59. The minimum atomic E-state index is 0.286. The molecule has 0 fully saturated rings. The van der Waals surface area contributed by atoms with E-state index in [4.69, 9.17) is 32.7 Å². The Bertz CT molecular complexity index is 588. The van der Waals surface area contributed by atoms with Crippen molar-refractivity contribution in [2.45, 2.75) is 6.54 Å². The summed E-state index contributed by atoms with van der Waals surface area (Å²) in [6, 6.07) is 7.03. The lowest BCUT2D eigenvalue weighted by Gasteiger charge is -2.11. The van der Waals surface area contributed by atoms with Crippen LogP contribution in [0.4, 0.5) is 5.95 Å². The second-order valence-corrected chi connectivity index (χ2v) is 4.64. The molecular formula is C13H13Cl2N3O2. The molecule has 0 amide bonds. The lowest BCUT2D eigenvalue weighted by atomic mass is 10.2. The van der Waals surface area contributed by atoms with Gasteiger partial charge in [0.25, 0.3) is 0 Å². The Balaban J connectivity index is 2.14. The molecule has 0 saturated heterocycles. The molecule has 0 aliphatic rings. The van der Waals surface area contributed by atoms with Gasteiger partial charge in [-0.05, 0) is 12.1 Å². The number of hydrogen-bond donors (Lipinski definition) is 1. The number of methoxy groups -OCH3 is 2.